The molecule has 0 aromatic heterocycles. The van der Waals surface area contributed by atoms with Crippen molar-refractivity contribution >= 4 is 17.8 Å². The van der Waals surface area contributed by atoms with E-state index in [9.17, 15) is 14.4 Å². The van der Waals surface area contributed by atoms with Crippen molar-refractivity contribution in [2.75, 3.05) is 6.73 Å². The zero-order valence-corrected chi connectivity index (χ0v) is 14.3. The van der Waals surface area contributed by atoms with E-state index in [0.717, 1.165) is 16.0 Å². The second-order valence-electron chi connectivity index (χ2n) is 6.06. The highest BCUT2D eigenvalue weighted by Crippen LogP contribution is 2.25. The Morgan fingerprint density at radius 3 is 1.85 bits per heavy atom. The van der Waals surface area contributed by atoms with Crippen LogP contribution in [0.4, 0.5) is 0 Å². The largest absolute Gasteiger partial charge is 0.440 e. The number of esters is 1. The van der Waals surface area contributed by atoms with Gasteiger partial charge in [-0.1, -0.05) is 60.7 Å². The summed E-state index contributed by atoms with van der Waals surface area (Å²) in [5, 5.41) is 0. The van der Waals surface area contributed by atoms with Gasteiger partial charge in [0, 0.05) is 0 Å². The van der Waals surface area contributed by atoms with Gasteiger partial charge in [-0.05, 0) is 29.3 Å². The maximum Gasteiger partial charge on any atom is 0.340 e. The maximum atomic E-state index is 12.6. The third kappa shape index (κ3) is 3.00. The lowest BCUT2D eigenvalue weighted by molar-refractivity contribution is 0.0229. The Kier molecular flexibility index (Phi) is 4.26. The van der Waals surface area contributed by atoms with Gasteiger partial charge < -0.3 is 4.74 Å². The highest BCUT2D eigenvalue weighted by Gasteiger charge is 2.35. The topological polar surface area (TPSA) is 63.7 Å². The molecule has 0 spiro atoms. The van der Waals surface area contributed by atoms with Gasteiger partial charge in [0.25, 0.3) is 11.8 Å². The first-order chi connectivity index (χ1) is 13.2. The summed E-state index contributed by atoms with van der Waals surface area (Å²) in [6.45, 7) is -0.422. The van der Waals surface area contributed by atoms with E-state index in [1.807, 2.05) is 42.5 Å². The smallest absolute Gasteiger partial charge is 0.340 e. The summed E-state index contributed by atoms with van der Waals surface area (Å²) < 4.78 is 5.29. The van der Waals surface area contributed by atoms with Crippen LogP contribution in [0.1, 0.15) is 31.1 Å². The van der Waals surface area contributed by atoms with Gasteiger partial charge in [-0.3, -0.25) is 9.59 Å². The number of ether oxygens (including phenoxy) is 1. The van der Waals surface area contributed by atoms with E-state index < -0.39 is 24.5 Å². The van der Waals surface area contributed by atoms with Gasteiger partial charge in [0.05, 0.1) is 16.7 Å². The molecule has 5 nitrogen and oxygen atoms in total. The molecule has 1 aliphatic heterocycles. The van der Waals surface area contributed by atoms with Gasteiger partial charge >= 0.3 is 5.97 Å². The van der Waals surface area contributed by atoms with Crippen molar-refractivity contribution in [1.82, 2.24) is 4.90 Å². The van der Waals surface area contributed by atoms with Crippen LogP contribution in [0.2, 0.25) is 0 Å². The Labute approximate surface area is 155 Å². The van der Waals surface area contributed by atoms with Crippen LogP contribution in [0.3, 0.4) is 0 Å². The number of imide groups is 1. The molecule has 0 aliphatic carbocycles. The molecule has 1 heterocycles. The number of amides is 2. The van der Waals surface area contributed by atoms with Gasteiger partial charge in [-0.15, -0.1) is 0 Å². The van der Waals surface area contributed by atoms with Crippen LogP contribution in [0, 0.1) is 0 Å². The molecular formula is C22H15NO4. The van der Waals surface area contributed by atoms with Gasteiger partial charge in [-0.2, -0.15) is 0 Å². The van der Waals surface area contributed by atoms with E-state index in [1.54, 1.807) is 36.4 Å². The van der Waals surface area contributed by atoms with Crippen LogP contribution in [-0.2, 0) is 4.74 Å². The average Bonchev–Trinajstić information content (AvgIpc) is 2.97. The van der Waals surface area contributed by atoms with Gasteiger partial charge in [-0.25, -0.2) is 9.69 Å². The first kappa shape index (κ1) is 16.7. The van der Waals surface area contributed by atoms with Crippen molar-refractivity contribution in [2.24, 2.45) is 0 Å². The van der Waals surface area contributed by atoms with Crippen molar-refractivity contribution in [3.63, 3.8) is 0 Å². The van der Waals surface area contributed by atoms with Gasteiger partial charge in [0.1, 0.15) is 0 Å². The van der Waals surface area contributed by atoms with E-state index in [4.69, 9.17) is 4.74 Å². The summed E-state index contributed by atoms with van der Waals surface area (Å²) in [5.41, 5.74) is 2.63. The number of nitrogens with zero attached hydrogens (tertiary/aromatic N) is 1. The summed E-state index contributed by atoms with van der Waals surface area (Å²) in [6.07, 6.45) is 0. The molecule has 0 fully saturated rings. The Hall–Kier alpha value is -3.73. The molecule has 0 bridgehead atoms. The fourth-order valence-corrected chi connectivity index (χ4v) is 3.09. The third-order valence-electron chi connectivity index (χ3n) is 4.43. The maximum absolute atomic E-state index is 12.6. The standard InChI is InChI=1S/C22H15NO4/c24-20-17-11-5-6-12-18(17)21(25)23(20)14-27-22(26)19-13-7-4-10-16(19)15-8-2-1-3-9-15/h1-13H,14H2. The van der Waals surface area contributed by atoms with Crippen LogP contribution >= 0.6 is 0 Å². The normalized spacial score (nSPS) is 12.8. The number of hydrogen-bond donors (Lipinski definition) is 0. The predicted octanol–water partition coefficient (Wildman–Crippen LogP) is 3.76. The van der Waals surface area contributed by atoms with E-state index >= 15 is 0 Å². The zero-order valence-electron chi connectivity index (χ0n) is 14.3. The van der Waals surface area contributed by atoms with Crippen LogP contribution in [0.5, 0.6) is 0 Å². The summed E-state index contributed by atoms with van der Waals surface area (Å²) >= 11 is 0. The molecule has 0 N–H and O–H groups in total. The summed E-state index contributed by atoms with van der Waals surface area (Å²) in [6, 6.07) is 23.1. The molecule has 4 rings (SSSR count). The lowest BCUT2D eigenvalue weighted by Gasteiger charge is -2.15. The monoisotopic (exact) mass is 357 g/mol. The molecule has 3 aromatic carbocycles. The summed E-state index contributed by atoms with van der Waals surface area (Å²) in [4.78, 5) is 38.3. The highest BCUT2D eigenvalue weighted by molar-refractivity contribution is 6.21. The number of fused-ring (bicyclic) bond motifs is 1. The summed E-state index contributed by atoms with van der Waals surface area (Å²) in [5.74, 6) is -1.51. The minimum Gasteiger partial charge on any atom is -0.440 e. The number of hydrogen-bond acceptors (Lipinski definition) is 4. The van der Waals surface area contributed by atoms with Crippen molar-refractivity contribution in [2.45, 2.75) is 0 Å². The molecule has 0 saturated carbocycles. The molecule has 2 amide bonds. The van der Waals surface area contributed by atoms with Crippen LogP contribution in [0.15, 0.2) is 78.9 Å². The van der Waals surface area contributed by atoms with Crippen LogP contribution in [-0.4, -0.2) is 29.4 Å². The van der Waals surface area contributed by atoms with Crippen molar-refractivity contribution in [3.8, 4) is 11.1 Å². The molecule has 27 heavy (non-hydrogen) atoms. The Morgan fingerprint density at radius 2 is 1.22 bits per heavy atom. The minimum atomic E-state index is -0.592. The van der Waals surface area contributed by atoms with Crippen molar-refractivity contribution in [3.05, 3.63) is 95.6 Å². The molecule has 0 saturated heterocycles. The molecule has 132 valence electrons. The Morgan fingerprint density at radius 1 is 0.704 bits per heavy atom. The van der Waals surface area contributed by atoms with Crippen LogP contribution < -0.4 is 0 Å². The molecule has 3 aromatic rings. The second-order valence-corrected chi connectivity index (χ2v) is 6.06. The number of rotatable bonds is 4. The van der Waals surface area contributed by atoms with Gasteiger partial charge in [0.2, 0.25) is 0 Å². The lowest BCUT2D eigenvalue weighted by Crippen LogP contribution is -2.33. The number of carbonyl (C=O) groups is 3. The van der Waals surface area contributed by atoms with Crippen molar-refractivity contribution in [1.29, 1.82) is 0 Å². The SMILES string of the molecule is O=C(OCN1C(=O)c2ccccc2C1=O)c1ccccc1-c1ccccc1. The van der Waals surface area contributed by atoms with E-state index in [-0.39, 0.29) is 0 Å². The zero-order chi connectivity index (χ0) is 18.8. The fraction of sp³-hybridized carbons (Fsp3) is 0.0455. The van der Waals surface area contributed by atoms with Crippen LogP contribution in [0.25, 0.3) is 11.1 Å². The highest BCUT2D eigenvalue weighted by atomic mass is 16.5. The van der Waals surface area contributed by atoms with Crippen molar-refractivity contribution < 1.29 is 19.1 Å². The Bertz CT molecular complexity index is 1010. The molecule has 1 aliphatic rings. The summed E-state index contributed by atoms with van der Waals surface area (Å²) in [7, 11) is 0. The first-order valence-electron chi connectivity index (χ1n) is 8.43. The molecule has 0 unspecified atom stereocenters. The molecule has 0 radical (unpaired) electrons. The quantitative estimate of drug-likeness (QED) is 0.527. The number of benzene rings is 3. The van der Waals surface area contributed by atoms with E-state index in [1.165, 1.54) is 0 Å². The van der Waals surface area contributed by atoms with E-state index in [0.29, 0.717) is 16.7 Å². The molecular weight excluding hydrogens is 342 g/mol. The average molecular weight is 357 g/mol. The fourth-order valence-electron chi connectivity index (χ4n) is 3.09. The molecule has 5 heteroatoms. The van der Waals surface area contributed by atoms with E-state index in [2.05, 4.69) is 0 Å². The Balaban J connectivity index is 1.54. The second kappa shape index (κ2) is 6.88. The number of carbonyl (C=O) groups excluding carboxylic acids is 3. The first-order valence-corrected chi connectivity index (χ1v) is 8.43. The third-order valence-corrected chi connectivity index (χ3v) is 4.43. The lowest BCUT2D eigenvalue weighted by atomic mass is 10.00. The molecule has 0 atom stereocenters. The minimum absolute atomic E-state index is 0.322. The predicted molar refractivity (Wildman–Crippen MR) is 99.1 cm³/mol. The van der Waals surface area contributed by atoms with Gasteiger partial charge in [0.15, 0.2) is 6.73 Å².